The predicted molar refractivity (Wildman–Crippen MR) is 269 cm³/mol. The molecule has 0 N–H and O–H groups in total. The first-order valence-electron chi connectivity index (χ1n) is 22.0. The minimum atomic E-state index is 1.13. The zero-order valence-corrected chi connectivity index (χ0v) is 34.7. The zero-order valence-electron chi connectivity index (χ0n) is 34.7. The van der Waals surface area contributed by atoms with E-state index in [1.807, 2.05) is 0 Å². The van der Waals surface area contributed by atoms with Gasteiger partial charge in [-0.15, -0.1) is 0 Å². The van der Waals surface area contributed by atoms with E-state index in [9.17, 15) is 0 Å². The fourth-order valence-corrected chi connectivity index (χ4v) is 11.1. The van der Waals surface area contributed by atoms with Gasteiger partial charge in [0, 0.05) is 60.0 Å². The van der Waals surface area contributed by atoms with Gasteiger partial charge in [-0.05, 0) is 90.5 Å². The molecule has 64 heavy (non-hydrogen) atoms. The van der Waals surface area contributed by atoms with Gasteiger partial charge in [-0.3, -0.25) is 0 Å². The van der Waals surface area contributed by atoms with Crippen LogP contribution >= 0.6 is 0 Å². The Morgan fingerprint density at radius 1 is 0.203 bits per heavy atom. The second kappa shape index (κ2) is 13.4. The van der Waals surface area contributed by atoms with Gasteiger partial charge in [0.1, 0.15) is 0 Å². The maximum Gasteiger partial charge on any atom is 0.0561 e. The van der Waals surface area contributed by atoms with Crippen molar-refractivity contribution in [1.29, 1.82) is 0 Å². The van der Waals surface area contributed by atoms with Crippen LogP contribution in [0.2, 0.25) is 0 Å². The molecule has 0 bridgehead atoms. The lowest BCUT2D eigenvalue weighted by Crippen LogP contribution is -2.03. The molecule has 0 amide bonds. The van der Waals surface area contributed by atoms with Gasteiger partial charge in [0.2, 0.25) is 0 Å². The van der Waals surface area contributed by atoms with Crippen LogP contribution in [0.1, 0.15) is 0 Å². The largest absolute Gasteiger partial charge is 0.309 e. The summed E-state index contributed by atoms with van der Waals surface area (Å²) in [5.41, 5.74) is 16.4. The SMILES string of the molecule is c1ccc(-c2c(-n3c4ccccc4c4c5c6ccccc6n(-c6ccccc6)c5ccc43)cccc2-n2c3ccccc3c3c4c5ccccc5n(-c5ccccc5)c4ccc32)cc1. The maximum absolute atomic E-state index is 2.52. The highest BCUT2D eigenvalue weighted by Gasteiger charge is 2.26. The third-order valence-corrected chi connectivity index (χ3v) is 13.5. The molecule has 4 heterocycles. The molecule has 0 saturated carbocycles. The van der Waals surface area contributed by atoms with Gasteiger partial charge in [0.15, 0.2) is 0 Å². The van der Waals surface area contributed by atoms with Crippen molar-refractivity contribution in [2.45, 2.75) is 0 Å². The Hall–Kier alpha value is -8.60. The van der Waals surface area contributed by atoms with Crippen LogP contribution in [0.15, 0.2) is 231 Å². The van der Waals surface area contributed by atoms with Crippen molar-refractivity contribution in [1.82, 2.24) is 18.3 Å². The van der Waals surface area contributed by atoms with Gasteiger partial charge >= 0.3 is 0 Å². The van der Waals surface area contributed by atoms with Crippen LogP contribution in [0.3, 0.4) is 0 Å². The molecule has 14 rings (SSSR count). The van der Waals surface area contributed by atoms with E-state index >= 15 is 0 Å². The third-order valence-electron chi connectivity index (χ3n) is 13.5. The molecule has 0 aliphatic rings. The van der Waals surface area contributed by atoms with Crippen molar-refractivity contribution in [2.24, 2.45) is 0 Å². The predicted octanol–water partition coefficient (Wildman–Crippen LogP) is 15.7. The summed E-state index contributed by atoms with van der Waals surface area (Å²) in [5, 5.41) is 10.0. The first-order valence-corrected chi connectivity index (χ1v) is 22.0. The van der Waals surface area contributed by atoms with E-state index in [-0.39, 0.29) is 0 Å². The number of para-hydroxylation sites is 6. The van der Waals surface area contributed by atoms with Crippen molar-refractivity contribution in [3.8, 4) is 33.9 Å². The molecule has 298 valence electrons. The van der Waals surface area contributed by atoms with Gasteiger partial charge in [-0.2, -0.15) is 0 Å². The fraction of sp³-hybridized carbons (Fsp3) is 0. The lowest BCUT2D eigenvalue weighted by molar-refractivity contribution is 1.14. The van der Waals surface area contributed by atoms with Crippen molar-refractivity contribution in [2.75, 3.05) is 0 Å². The molecule has 4 heteroatoms. The molecule has 0 saturated heterocycles. The number of hydrogen-bond donors (Lipinski definition) is 0. The third kappa shape index (κ3) is 4.77. The fourth-order valence-electron chi connectivity index (χ4n) is 11.1. The molecule has 10 aromatic carbocycles. The van der Waals surface area contributed by atoms with Crippen molar-refractivity contribution < 1.29 is 0 Å². The maximum atomic E-state index is 2.52. The normalized spacial score (nSPS) is 12.1. The molecule has 0 aliphatic heterocycles. The Balaban J connectivity index is 1.11. The molecule has 0 aliphatic carbocycles. The van der Waals surface area contributed by atoms with Crippen LogP contribution < -0.4 is 0 Å². The lowest BCUT2D eigenvalue weighted by atomic mass is 10.00. The van der Waals surface area contributed by atoms with Crippen LogP contribution in [-0.4, -0.2) is 18.3 Å². The summed E-state index contributed by atoms with van der Waals surface area (Å²) >= 11 is 0. The van der Waals surface area contributed by atoms with E-state index in [4.69, 9.17) is 0 Å². The summed E-state index contributed by atoms with van der Waals surface area (Å²) in [5.74, 6) is 0. The molecule has 14 aromatic rings. The monoisotopic (exact) mass is 814 g/mol. The van der Waals surface area contributed by atoms with Crippen molar-refractivity contribution in [3.05, 3.63) is 231 Å². The molecule has 0 fully saturated rings. The number of fused-ring (bicyclic) bond motifs is 14. The second-order valence-corrected chi connectivity index (χ2v) is 16.8. The van der Waals surface area contributed by atoms with Crippen molar-refractivity contribution in [3.63, 3.8) is 0 Å². The molecular weight excluding hydrogens is 777 g/mol. The average Bonchev–Trinajstić information content (AvgIpc) is 4.09. The highest BCUT2D eigenvalue weighted by molar-refractivity contribution is 6.30. The van der Waals surface area contributed by atoms with E-state index in [2.05, 4.69) is 249 Å². The number of hydrogen-bond acceptors (Lipinski definition) is 0. The van der Waals surface area contributed by atoms with E-state index in [1.54, 1.807) is 0 Å². The first kappa shape index (κ1) is 35.0. The van der Waals surface area contributed by atoms with Gasteiger partial charge in [0.25, 0.3) is 0 Å². The smallest absolute Gasteiger partial charge is 0.0561 e. The van der Waals surface area contributed by atoms with Crippen LogP contribution in [0.5, 0.6) is 0 Å². The van der Waals surface area contributed by atoms with Gasteiger partial charge in [0.05, 0.1) is 55.5 Å². The van der Waals surface area contributed by atoms with Crippen molar-refractivity contribution >= 4 is 87.2 Å². The van der Waals surface area contributed by atoms with Crippen LogP contribution in [0.25, 0.3) is 121 Å². The summed E-state index contributed by atoms with van der Waals surface area (Å²) in [6.07, 6.45) is 0. The number of rotatable bonds is 5. The minimum Gasteiger partial charge on any atom is -0.309 e. The summed E-state index contributed by atoms with van der Waals surface area (Å²) in [6, 6.07) is 84.4. The van der Waals surface area contributed by atoms with E-state index < -0.39 is 0 Å². The Labute approximate surface area is 368 Å². The first-order chi connectivity index (χ1) is 31.8. The topological polar surface area (TPSA) is 19.7 Å². The van der Waals surface area contributed by atoms with Crippen LogP contribution in [-0.2, 0) is 0 Å². The van der Waals surface area contributed by atoms with E-state index in [0.29, 0.717) is 0 Å². The highest BCUT2D eigenvalue weighted by Crippen LogP contribution is 2.47. The summed E-state index contributed by atoms with van der Waals surface area (Å²) < 4.78 is 9.87. The van der Waals surface area contributed by atoms with E-state index in [0.717, 1.165) is 28.3 Å². The standard InChI is InChI=1S/C60H38N4/c1-4-19-39(20-5-1)56-50(63-48-31-16-12-27-44(48)59-54(63)37-35-52-57(59)42-25-10-14-29-46(42)61(52)40-21-6-2-7-22-40)33-18-34-51(56)64-49-32-17-13-28-45(49)60-55(64)38-36-53-58(60)43-26-11-15-30-47(43)62(53)41-23-8-3-9-24-41/h1-38H. The second-order valence-electron chi connectivity index (χ2n) is 16.8. The van der Waals surface area contributed by atoms with Gasteiger partial charge in [-0.25, -0.2) is 0 Å². The minimum absolute atomic E-state index is 1.13. The zero-order chi connectivity index (χ0) is 41.9. The number of nitrogens with zero attached hydrogens (tertiary/aromatic N) is 4. The lowest BCUT2D eigenvalue weighted by Gasteiger charge is -2.20. The Morgan fingerprint density at radius 3 is 0.875 bits per heavy atom. The molecule has 0 spiro atoms. The van der Waals surface area contributed by atoms with E-state index in [1.165, 1.54) is 92.8 Å². The molecular formula is C60H38N4. The Bertz CT molecular complexity index is 3920. The quantitative estimate of drug-likeness (QED) is 0.165. The molecule has 4 nitrogen and oxygen atoms in total. The van der Waals surface area contributed by atoms with Gasteiger partial charge in [-0.1, -0.05) is 146 Å². The van der Waals surface area contributed by atoms with Crippen LogP contribution in [0.4, 0.5) is 0 Å². The molecule has 0 radical (unpaired) electrons. The number of benzene rings is 10. The highest BCUT2D eigenvalue weighted by atomic mass is 15.0. The number of aromatic nitrogens is 4. The van der Waals surface area contributed by atoms with Crippen LogP contribution in [0, 0.1) is 0 Å². The summed E-state index contributed by atoms with van der Waals surface area (Å²) in [4.78, 5) is 0. The summed E-state index contributed by atoms with van der Waals surface area (Å²) in [6.45, 7) is 0. The average molecular weight is 815 g/mol. The molecule has 0 unspecified atom stereocenters. The Morgan fingerprint density at radius 2 is 0.500 bits per heavy atom. The molecule has 4 aromatic heterocycles. The summed E-state index contributed by atoms with van der Waals surface area (Å²) in [7, 11) is 0. The van der Waals surface area contributed by atoms with Gasteiger partial charge < -0.3 is 18.3 Å². The molecule has 0 atom stereocenters. The Kier molecular flexibility index (Phi) is 7.36.